The van der Waals surface area contributed by atoms with Crippen LogP contribution in [0, 0.1) is 6.92 Å². The van der Waals surface area contributed by atoms with Crippen molar-refractivity contribution in [1.29, 1.82) is 0 Å². The van der Waals surface area contributed by atoms with Gasteiger partial charge in [0.05, 0.1) is 18.2 Å². The molecule has 4 N–H and O–H groups in total. The Bertz CT molecular complexity index is 448. The molecule has 2 aromatic heterocycles. The molecule has 16 heavy (non-hydrogen) atoms. The Hall–Kier alpha value is -1.98. The molecule has 0 atom stereocenters. The summed E-state index contributed by atoms with van der Waals surface area (Å²) in [5, 5.41) is 12.1. The third-order valence-corrected chi connectivity index (χ3v) is 2.38. The predicted octanol–water partition coefficient (Wildman–Crippen LogP) is 1.19. The van der Waals surface area contributed by atoms with Crippen LogP contribution in [0.15, 0.2) is 12.5 Å². The van der Waals surface area contributed by atoms with Crippen molar-refractivity contribution in [2.75, 3.05) is 11.9 Å². The van der Waals surface area contributed by atoms with Crippen LogP contribution < -0.4 is 5.32 Å². The molecule has 2 heterocycles. The highest BCUT2D eigenvalue weighted by molar-refractivity contribution is 5.27. The minimum Gasteiger partial charge on any atom is -0.493 e. The molecule has 0 amide bonds. The summed E-state index contributed by atoms with van der Waals surface area (Å²) in [7, 11) is 0. The van der Waals surface area contributed by atoms with Crippen molar-refractivity contribution < 1.29 is 5.11 Å². The number of hydrogen-bond donors (Lipinski definition) is 4. The molecule has 0 saturated heterocycles. The van der Waals surface area contributed by atoms with Crippen molar-refractivity contribution in [3.8, 4) is 5.88 Å². The van der Waals surface area contributed by atoms with Crippen molar-refractivity contribution in [1.82, 2.24) is 19.9 Å². The Morgan fingerprint density at radius 2 is 2.31 bits per heavy atom. The monoisotopic (exact) mass is 221 g/mol. The van der Waals surface area contributed by atoms with E-state index < -0.39 is 0 Å². The van der Waals surface area contributed by atoms with E-state index in [2.05, 4.69) is 25.3 Å². The van der Waals surface area contributed by atoms with E-state index in [1.165, 1.54) is 6.20 Å². The van der Waals surface area contributed by atoms with Crippen molar-refractivity contribution >= 4 is 5.95 Å². The van der Waals surface area contributed by atoms with Gasteiger partial charge in [-0.05, 0) is 19.8 Å². The number of hydrogen-bond acceptors (Lipinski definition) is 4. The number of aromatic amines is 2. The molecule has 0 fully saturated rings. The summed E-state index contributed by atoms with van der Waals surface area (Å²) in [6.45, 7) is 2.81. The first-order valence-electron chi connectivity index (χ1n) is 5.22. The maximum atomic E-state index is 9.02. The number of aromatic hydroxyl groups is 1. The zero-order valence-corrected chi connectivity index (χ0v) is 9.12. The Balaban J connectivity index is 1.71. The molecule has 0 radical (unpaired) electrons. The second-order valence-electron chi connectivity index (χ2n) is 3.62. The number of anilines is 1. The second kappa shape index (κ2) is 4.69. The molecule has 86 valence electrons. The number of nitrogens with zero attached hydrogens (tertiary/aromatic N) is 2. The number of nitrogens with one attached hydrogen (secondary N) is 3. The first-order valence-corrected chi connectivity index (χ1v) is 5.22. The minimum absolute atomic E-state index is 0.0747. The average Bonchev–Trinajstić information content (AvgIpc) is 2.83. The third kappa shape index (κ3) is 2.53. The maximum Gasteiger partial charge on any atom is 0.210 e. The van der Waals surface area contributed by atoms with Crippen LogP contribution in [0.2, 0.25) is 0 Å². The molecule has 0 aliphatic carbocycles. The van der Waals surface area contributed by atoms with Gasteiger partial charge in [0.1, 0.15) is 0 Å². The Labute approximate surface area is 93.1 Å². The fourth-order valence-electron chi connectivity index (χ4n) is 1.50. The van der Waals surface area contributed by atoms with Crippen molar-refractivity contribution in [3.05, 3.63) is 23.9 Å². The summed E-state index contributed by atoms with van der Waals surface area (Å²) in [4.78, 5) is 13.9. The number of rotatable bonds is 5. The zero-order chi connectivity index (χ0) is 11.4. The largest absolute Gasteiger partial charge is 0.493 e. The van der Waals surface area contributed by atoms with E-state index in [-0.39, 0.29) is 5.88 Å². The molecule has 0 aromatic carbocycles. The molecular formula is C10H15N5O. The molecule has 0 bridgehead atoms. The van der Waals surface area contributed by atoms with Gasteiger partial charge >= 0.3 is 0 Å². The molecular weight excluding hydrogens is 206 g/mol. The number of imidazole rings is 2. The fraction of sp³-hybridized carbons (Fsp3) is 0.400. The van der Waals surface area contributed by atoms with E-state index in [4.69, 9.17) is 5.11 Å². The Kier molecular flexibility index (Phi) is 3.09. The van der Waals surface area contributed by atoms with Crippen LogP contribution in [-0.2, 0) is 6.42 Å². The van der Waals surface area contributed by atoms with Gasteiger partial charge in [0.25, 0.3) is 0 Å². The van der Waals surface area contributed by atoms with Gasteiger partial charge in [-0.15, -0.1) is 0 Å². The first-order chi connectivity index (χ1) is 7.75. The molecule has 2 aromatic rings. The molecule has 6 nitrogen and oxygen atoms in total. The smallest absolute Gasteiger partial charge is 0.210 e. The fourth-order valence-corrected chi connectivity index (χ4v) is 1.50. The lowest BCUT2D eigenvalue weighted by atomic mass is 10.2. The second-order valence-corrected chi connectivity index (χ2v) is 3.62. The van der Waals surface area contributed by atoms with Gasteiger partial charge in [0.2, 0.25) is 11.8 Å². The Morgan fingerprint density at radius 3 is 2.94 bits per heavy atom. The van der Waals surface area contributed by atoms with Gasteiger partial charge in [-0.3, -0.25) is 4.98 Å². The van der Waals surface area contributed by atoms with E-state index in [1.807, 2.05) is 6.92 Å². The first kappa shape index (κ1) is 10.5. The lowest BCUT2D eigenvalue weighted by molar-refractivity contribution is 0.457. The summed E-state index contributed by atoms with van der Waals surface area (Å²) in [5.74, 6) is 0.668. The van der Waals surface area contributed by atoms with Crippen LogP contribution in [0.4, 0.5) is 5.95 Å². The highest BCUT2D eigenvalue weighted by Gasteiger charge is 2.01. The van der Waals surface area contributed by atoms with Gasteiger partial charge in [-0.1, -0.05) is 0 Å². The van der Waals surface area contributed by atoms with E-state index in [9.17, 15) is 0 Å². The minimum atomic E-state index is 0.0747. The van der Waals surface area contributed by atoms with E-state index >= 15 is 0 Å². The zero-order valence-electron chi connectivity index (χ0n) is 9.12. The molecule has 2 rings (SSSR count). The molecule has 0 saturated carbocycles. The average molecular weight is 221 g/mol. The number of aryl methyl sites for hydroxylation is 2. The highest BCUT2D eigenvalue weighted by atomic mass is 16.3. The topological polar surface area (TPSA) is 89.6 Å². The van der Waals surface area contributed by atoms with Crippen LogP contribution in [0.3, 0.4) is 0 Å². The summed E-state index contributed by atoms with van der Waals surface area (Å²) < 4.78 is 0. The van der Waals surface area contributed by atoms with Crippen LogP contribution >= 0.6 is 0 Å². The number of aromatic nitrogens is 4. The summed E-state index contributed by atoms with van der Waals surface area (Å²) in [6.07, 6.45) is 4.98. The third-order valence-electron chi connectivity index (χ3n) is 2.38. The van der Waals surface area contributed by atoms with Gasteiger partial charge in [-0.25, -0.2) is 9.97 Å². The van der Waals surface area contributed by atoms with Crippen LogP contribution in [-0.4, -0.2) is 31.6 Å². The van der Waals surface area contributed by atoms with Crippen LogP contribution in [0.1, 0.15) is 17.8 Å². The highest BCUT2D eigenvalue weighted by Crippen LogP contribution is 2.08. The summed E-state index contributed by atoms with van der Waals surface area (Å²) in [5.41, 5.74) is 2.22. The molecule has 6 heteroatoms. The van der Waals surface area contributed by atoms with Gasteiger partial charge in [-0.2, -0.15) is 0 Å². The van der Waals surface area contributed by atoms with Gasteiger partial charge < -0.3 is 15.4 Å². The van der Waals surface area contributed by atoms with Crippen LogP contribution in [0.5, 0.6) is 5.88 Å². The van der Waals surface area contributed by atoms with E-state index in [0.29, 0.717) is 5.95 Å². The molecule has 0 aliphatic rings. The number of H-pyrrole nitrogens is 2. The van der Waals surface area contributed by atoms with E-state index in [0.717, 1.165) is 30.8 Å². The molecule has 0 aliphatic heterocycles. The predicted molar refractivity (Wildman–Crippen MR) is 60.4 cm³/mol. The van der Waals surface area contributed by atoms with Gasteiger partial charge in [0, 0.05) is 12.2 Å². The van der Waals surface area contributed by atoms with Gasteiger partial charge in [0.15, 0.2) is 0 Å². The molecule has 0 spiro atoms. The van der Waals surface area contributed by atoms with Crippen molar-refractivity contribution in [3.63, 3.8) is 0 Å². The lowest BCUT2D eigenvalue weighted by Gasteiger charge is -2.01. The Morgan fingerprint density at radius 1 is 1.44 bits per heavy atom. The SMILES string of the molecule is Cc1[nH]cnc1CCCNc1ncc(O)[nH]1. The van der Waals surface area contributed by atoms with Crippen molar-refractivity contribution in [2.24, 2.45) is 0 Å². The van der Waals surface area contributed by atoms with Crippen molar-refractivity contribution in [2.45, 2.75) is 19.8 Å². The molecule has 0 unspecified atom stereocenters. The lowest BCUT2D eigenvalue weighted by Crippen LogP contribution is -2.04. The summed E-state index contributed by atoms with van der Waals surface area (Å²) in [6, 6.07) is 0. The standard InChI is InChI=1S/C10H15N5O/c1-7-8(14-6-13-7)3-2-4-11-10-12-5-9(16)15-10/h5-6,16H,2-4H2,1H3,(H,13,14)(H2,11,12,15). The normalized spacial score (nSPS) is 10.6. The summed E-state index contributed by atoms with van der Waals surface area (Å²) >= 11 is 0. The quantitative estimate of drug-likeness (QED) is 0.571. The maximum absolute atomic E-state index is 9.02. The van der Waals surface area contributed by atoms with E-state index in [1.54, 1.807) is 6.33 Å². The van der Waals surface area contributed by atoms with Crippen LogP contribution in [0.25, 0.3) is 0 Å².